The summed E-state index contributed by atoms with van der Waals surface area (Å²) in [6, 6.07) is 9.14. The molecule has 1 aliphatic rings. The maximum Gasteiger partial charge on any atom is 0.255 e. The molecule has 2 heterocycles. The molecule has 2 amide bonds. The number of thiophene rings is 1. The Bertz CT molecular complexity index is 786. The summed E-state index contributed by atoms with van der Waals surface area (Å²) in [7, 11) is 1.49. The fourth-order valence-electron chi connectivity index (χ4n) is 2.98. The Morgan fingerprint density at radius 1 is 1.15 bits per heavy atom. The van der Waals surface area contributed by atoms with Crippen LogP contribution >= 0.6 is 11.3 Å². The first kappa shape index (κ1) is 19.2. The largest absolute Gasteiger partial charge is 0.493 e. The van der Waals surface area contributed by atoms with Crippen LogP contribution in [0.4, 0.5) is 0 Å². The van der Waals surface area contributed by atoms with Crippen molar-refractivity contribution in [2.24, 2.45) is 5.73 Å². The first-order chi connectivity index (χ1) is 13.1. The second-order valence-corrected chi connectivity index (χ2v) is 7.30. The van der Waals surface area contributed by atoms with E-state index in [9.17, 15) is 9.59 Å². The molecule has 8 heteroatoms. The van der Waals surface area contributed by atoms with E-state index in [-0.39, 0.29) is 12.5 Å². The fourth-order valence-corrected chi connectivity index (χ4v) is 3.73. The van der Waals surface area contributed by atoms with Gasteiger partial charge in [-0.3, -0.25) is 14.5 Å². The molecule has 1 fully saturated rings. The third kappa shape index (κ3) is 4.99. The third-order valence-corrected chi connectivity index (χ3v) is 5.26. The minimum absolute atomic E-state index is 0.0366. The number of nitrogens with two attached hydrogens (primary N) is 1. The summed E-state index contributed by atoms with van der Waals surface area (Å²) < 4.78 is 10.6. The second kappa shape index (κ2) is 8.88. The molecule has 1 saturated heterocycles. The van der Waals surface area contributed by atoms with Crippen LogP contribution in [0.1, 0.15) is 15.2 Å². The number of methoxy groups -OCH3 is 1. The van der Waals surface area contributed by atoms with Crippen molar-refractivity contribution < 1.29 is 19.1 Å². The Morgan fingerprint density at radius 2 is 1.93 bits per heavy atom. The van der Waals surface area contributed by atoms with Gasteiger partial charge in [-0.25, -0.2) is 0 Å². The Hall–Kier alpha value is -2.58. The number of carbonyl (C=O) groups excluding carboxylic acids is 2. The van der Waals surface area contributed by atoms with E-state index in [0.717, 1.165) is 19.6 Å². The lowest BCUT2D eigenvalue weighted by atomic mass is 10.1. The Morgan fingerprint density at radius 3 is 2.56 bits per heavy atom. The quantitative estimate of drug-likeness (QED) is 0.777. The highest BCUT2D eigenvalue weighted by Gasteiger charge is 2.23. The van der Waals surface area contributed by atoms with Gasteiger partial charge in [0.15, 0.2) is 18.1 Å². The zero-order valence-corrected chi connectivity index (χ0v) is 16.0. The van der Waals surface area contributed by atoms with E-state index in [2.05, 4.69) is 22.4 Å². The molecule has 0 atom stereocenters. The molecular formula is C19H23N3O4S. The van der Waals surface area contributed by atoms with Gasteiger partial charge in [0.2, 0.25) is 0 Å². The highest BCUT2D eigenvalue weighted by Crippen LogP contribution is 2.28. The molecule has 27 heavy (non-hydrogen) atoms. The first-order valence-corrected chi connectivity index (χ1v) is 9.58. The van der Waals surface area contributed by atoms with Gasteiger partial charge in [-0.05, 0) is 29.6 Å². The molecule has 1 aliphatic heterocycles. The molecule has 1 aromatic heterocycles. The van der Waals surface area contributed by atoms with Crippen molar-refractivity contribution in [3.63, 3.8) is 0 Å². The lowest BCUT2D eigenvalue weighted by Crippen LogP contribution is -2.48. The predicted molar refractivity (Wildman–Crippen MR) is 103 cm³/mol. The molecular weight excluding hydrogens is 366 g/mol. The maximum atomic E-state index is 12.8. The van der Waals surface area contributed by atoms with E-state index in [1.807, 2.05) is 4.90 Å². The molecule has 2 N–H and O–H groups in total. The van der Waals surface area contributed by atoms with Gasteiger partial charge >= 0.3 is 0 Å². The van der Waals surface area contributed by atoms with E-state index in [0.29, 0.717) is 30.2 Å². The molecule has 0 bridgehead atoms. The van der Waals surface area contributed by atoms with Crippen LogP contribution in [-0.2, 0) is 11.3 Å². The average Bonchev–Trinajstić information content (AvgIpc) is 3.19. The van der Waals surface area contributed by atoms with E-state index in [4.69, 9.17) is 15.2 Å². The Labute approximate surface area is 162 Å². The monoisotopic (exact) mass is 389 g/mol. The second-order valence-electron chi connectivity index (χ2n) is 6.27. The molecule has 0 unspecified atom stereocenters. The summed E-state index contributed by atoms with van der Waals surface area (Å²) in [6.45, 7) is 3.76. The highest BCUT2D eigenvalue weighted by atomic mass is 32.1. The number of hydrogen-bond acceptors (Lipinski definition) is 6. The van der Waals surface area contributed by atoms with Gasteiger partial charge in [0.1, 0.15) is 0 Å². The number of benzene rings is 1. The number of amides is 2. The number of ether oxygens (including phenoxy) is 2. The maximum absolute atomic E-state index is 12.8. The highest BCUT2D eigenvalue weighted by molar-refractivity contribution is 7.09. The summed E-state index contributed by atoms with van der Waals surface area (Å²) in [5.74, 6) is 0.176. The van der Waals surface area contributed by atoms with Crippen LogP contribution < -0.4 is 15.2 Å². The van der Waals surface area contributed by atoms with E-state index in [1.54, 1.807) is 29.5 Å². The van der Waals surface area contributed by atoms with Crippen molar-refractivity contribution in [2.45, 2.75) is 6.54 Å². The molecule has 2 aromatic rings. The molecule has 7 nitrogen and oxygen atoms in total. The van der Waals surface area contributed by atoms with Gasteiger partial charge in [0.05, 0.1) is 7.11 Å². The number of rotatable bonds is 7. The minimum atomic E-state index is -0.572. The fraction of sp³-hybridized carbons (Fsp3) is 0.368. The number of primary amides is 1. The van der Waals surface area contributed by atoms with E-state index >= 15 is 0 Å². The number of nitrogens with zero attached hydrogens (tertiary/aromatic N) is 2. The topological polar surface area (TPSA) is 85.1 Å². The summed E-state index contributed by atoms with van der Waals surface area (Å²) in [5.41, 5.74) is 5.62. The van der Waals surface area contributed by atoms with Crippen LogP contribution in [0.3, 0.4) is 0 Å². The summed E-state index contributed by atoms with van der Waals surface area (Å²) in [5, 5.41) is 2.08. The van der Waals surface area contributed by atoms with Crippen molar-refractivity contribution in [1.29, 1.82) is 0 Å². The molecule has 0 radical (unpaired) electrons. The lowest BCUT2D eigenvalue weighted by Gasteiger charge is -2.34. The van der Waals surface area contributed by atoms with Gasteiger partial charge in [0, 0.05) is 43.2 Å². The third-order valence-electron chi connectivity index (χ3n) is 4.40. The lowest BCUT2D eigenvalue weighted by molar-refractivity contribution is -0.119. The van der Waals surface area contributed by atoms with Crippen molar-refractivity contribution in [3.05, 3.63) is 46.2 Å². The Balaban J connectivity index is 1.59. The zero-order chi connectivity index (χ0) is 19.2. The van der Waals surface area contributed by atoms with Crippen molar-refractivity contribution >= 4 is 23.2 Å². The molecule has 0 saturated carbocycles. The van der Waals surface area contributed by atoms with Gasteiger partial charge in [-0.1, -0.05) is 6.07 Å². The normalized spacial score (nSPS) is 14.8. The summed E-state index contributed by atoms with van der Waals surface area (Å²) in [6.07, 6.45) is 0. The van der Waals surface area contributed by atoms with Crippen LogP contribution in [0, 0.1) is 0 Å². The van der Waals surface area contributed by atoms with Crippen molar-refractivity contribution in [3.8, 4) is 11.5 Å². The van der Waals surface area contributed by atoms with Crippen LogP contribution in [0.25, 0.3) is 0 Å². The zero-order valence-electron chi connectivity index (χ0n) is 15.2. The van der Waals surface area contributed by atoms with Crippen molar-refractivity contribution in [2.75, 3.05) is 39.9 Å². The average molecular weight is 389 g/mol. The number of carbonyl (C=O) groups is 2. The molecule has 144 valence electrons. The van der Waals surface area contributed by atoms with E-state index in [1.165, 1.54) is 12.0 Å². The van der Waals surface area contributed by atoms with Gasteiger partial charge in [-0.2, -0.15) is 0 Å². The Kier molecular flexibility index (Phi) is 6.31. The smallest absolute Gasteiger partial charge is 0.255 e. The van der Waals surface area contributed by atoms with Crippen LogP contribution in [0.5, 0.6) is 11.5 Å². The predicted octanol–water partition coefficient (Wildman–Crippen LogP) is 1.58. The van der Waals surface area contributed by atoms with Gasteiger partial charge in [-0.15, -0.1) is 11.3 Å². The van der Waals surface area contributed by atoms with Crippen molar-refractivity contribution in [1.82, 2.24) is 9.80 Å². The minimum Gasteiger partial charge on any atom is -0.493 e. The van der Waals surface area contributed by atoms with Crippen LogP contribution in [0.2, 0.25) is 0 Å². The molecule has 1 aromatic carbocycles. The van der Waals surface area contributed by atoms with E-state index < -0.39 is 5.91 Å². The van der Waals surface area contributed by atoms with Crippen LogP contribution in [0.15, 0.2) is 35.7 Å². The van der Waals surface area contributed by atoms with Gasteiger partial charge < -0.3 is 20.1 Å². The van der Waals surface area contributed by atoms with Gasteiger partial charge in [0.25, 0.3) is 11.8 Å². The molecule has 0 spiro atoms. The standard InChI is InChI=1S/C19H23N3O4S/c1-25-17-11-14(4-5-16(17)26-13-18(20)23)19(24)22-8-6-21(7-9-22)12-15-3-2-10-27-15/h2-5,10-11H,6-9,12-13H2,1H3,(H2,20,23). The molecule has 3 rings (SSSR count). The summed E-state index contributed by atoms with van der Waals surface area (Å²) in [4.78, 5) is 29.2. The molecule has 0 aliphatic carbocycles. The number of piperazine rings is 1. The van der Waals surface area contributed by atoms with Crippen LogP contribution in [-0.4, -0.2) is 61.5 Å². The summed E-state index contributed by atoms with van der Waals surface area (Å²) >= 11 is 1.75. The first-order valence-electron chi connectivity index (χ1n) is 8.70. The SMILES string of the molecule is COc1cc(C(=O)N2CCN(Cc3cccs3)CC2)ccc1OCC(N)=O. The number of hydrogen-bond donors (Lipinski definition) is 1.